The molecule has 62 heavy (non-hydrogen) atoms. The van der Waals surface area contributed by atoms with Crippen LogP contribution < -0.4 is 4.40 Å². The Morgan fingerprint density at radius 3 is 2.10 bits per heavy atom. The molecule has 10 rings (SSSR count). The molecular formula is C56H49GeIrN3O-2. The molecule has 0 N–H and O–H groups in total. The number of para-hydroxylation sites is 3. The Hall–Kier alpha value is -5.85. The summed E-state index contributed by atoms with van der Waals surface area (Å²) in [5.41, 5.74) is 12.2. The van der Waals surface area contributed by atoms with Gasteiger partial charge < -0.3 is 8.98 Å². The quantitative estimate of drug-likeness (QED) is 0.118. The number of pyridine rings is 1. The van der Waals surface area contributed by atoms with Gasteiger partial charge >= 0.3 is 135 Å². The molecule has 0 fully saturated rings. The van der Waals surface area contributed by atoms with Crippen LogP contribution in [0.1, 0.15) is 29.1 Å². The monoisotopic (exact) mass is 1050 g/mol. The Kier molecular flexibility index (Phi) is 11.6. The van der Waals surface area contributed by atoms with Crippen molar-refractivity contribution in [1.82, 2.24) is 14.5 Å². The van der Waals surface area contributed by atoms with Crippen molar-refractivity contribution in [3.05, 3.63) is 194 Å². The third kappa shape index (κ3) is 8.89. The molecule has 6 heteroatoms. The number of hydrogen-bond acceptors (Lipinski definition) is 3. The van der Waals surface area contributed by atoms with Gasteiger partial charge in [-0.05, 0) is 47.0 Å². The van der Waals surface area contributed by atoms with E-state index in [0.717, 1.165) is 82.4 Å². The number of rotatable bonds is 7. The fourth-order valence-electron chi connectivity index (χ4n) is 7.94. The average Bonchev–Trinajstić information content (AvgIpc) is 3.88. The van der Waals surface area contributed by atoms with E-state index in [1.165, 1.54) is 11.1 Å². The van der Waals surface area contributed by atoms with Gasteiger partial charge in [0, 0.05) is 36.7 Å². The second-order valence-electron chi connectivity index (χ2n) is 17.4. The van der Waals surface area contributed by atoms with Gasteiger partial charge in [-0.3, -0.25) is 4.98 Å². The topological polar surface area (TPSA) is 43.9 Å². The Morgan fingerprint density at radius 1 is 0.677 bits per heavy atom. The normalized spacial score (nSPS) is 12.4. The number of aromatic nitrogens is 3. The molecule has 4 nitrogen and oxygen atoms in total. The molecule has 3 heterocycles. The van der Waals surface area contributed by atoms with Gasteiger partial charge in [-0.15, -0.1) is 18.2 Å². The molecule has 0 saturated carbocycles. The second kappa shape index (κ2) is 17.9. The van der Waals surface area contributed by atoms with Gasteiger partial charge in [-0.2, -0.15) is 0 Å². The first-order chi connectivity index (χ1) is 30.3. The Bertz CT molecular complexity index is 3220. The summed E-state index contributed by atoms with van der Waals surface area (Å²) in [7, 11) is 0. The van der Waals surface area contributed by atoms with E-state index < -0.39 is 25.1 Å². The molecule has 7 aromatic carbocycles. The van der Waals surface area contributed by atoms with Crippen LogP contribution in [0.4, 0.5) is 0 Å². The van der Waals surface area contributed by atoms with E-state index in [2.05, 4.69) is 148 Å². The van der Waals surface area contributed by atoms with Crippen LogP contribution in [0.15, 0.2) is 180 Å². The summed E-state index contributed by atoms with van der Waals surface area (Å²) in [5.74, 6) is 7.66. The van der Waals surface area contributed by atoms with Crippen LogP contribution in [0, 0.1) is 17.5 Å². The van der Waals surface area contributed by atoms with Gasteiger partial charge in [0.1, 0.15) is 5.58 Å². The molecule has 0 aliphatic carbocycles. The van der Waals surface area contributed by atoms with Crippen molar-refractivity contribution in [3.8, 4) is 50.6 Å². The maximum absolute atomic E-state index is 8.76. The summed E-state index contributed by atoms with van der Waals surface area (Å²) in [4.78, 5) is 9.79. The minimum Gasteiger partial charge on any atom is -0.501 e. The smallest absolute Gasteiger partial charge is 0.120 e. The fraction of sp³-hybridized carbons (Fsp3) is 0.143. The molecule has 0 amide bonds. The summed E-state index contributed by atoms with van der Waals surface area (Å²) < 4.78 is 27.3. The van der Waals surface area contributed by atoms with Crippen LogP contribution in [0.5, 0.6) is 0 Å². The molecule has 1 radical (unpaired) electrons. The summed E-state index contributed by atoms with van der Waals surface area (Å²) >= 11 is -2.24. The molecule has 0 aliphatic heterocycles. The van der Waals surface area contributed by atoms with E-state index in [1.807, 2.05) is 87.6 Å². The van der Waals surface area contributed by atoms with Crippen molar-refractivity contribution in [1.29, 1.82) is 0 Å². The number of furan rings is 1. The van der Waals surface area contributed by atoms with E-state index in [1.54, 1.807) is 0 Å². The number of benzene rings is 7. The first kappa shape index (κ1) is 40.2. The predicted octanol–water partition coefficient (Wildman–Crippen LogP) is 14.4. The number of hydrogen-bond donors (Lipinski definition) is 0. The third-order valence-corrected chi connectivity index (χ3v) is 15.0. The summed E-state index contributed by atoms with van der Waals surface area (Å²) in [6.07, 6.45) is 0.502. The van der Waals surface area contributed by atoms with E-state index in [9.17, 15) is 0 Å². The summed E-state index contributed by atoms with van der Waals surface area (Å²) in [5, 5.41) is 2.15. The Balaban J connectivity index is 0.000000201. The van der Waals surface area contributed by atoms with E-state index in [4.69, 9.17) is 12.1 Å². The van der Waals surface area contributed by atoms with Crippen LogP contribution in [0.25, 0.3) is 83.6 Å². The van der Waals surface area contributed by atoms with Crippen molar-refractivity contribution < 1.29 is 27.3 Å². The predicted molar refractivity (Wildman–Crippen MR) is 258 cm³/mol. The van der Waals surface area contributed by atoms with Gasteiger partial charge in [0.25, 0.3) is 0 Å². The number of nitrogens with zero attached hydrogens (tertiary/aromatic N) is 3. The SMILES string of the molecule is [2H]C([2H])(c1cc(-c2[c-]cccc2)nc[c]1[Ge]([CH3])([CH3])[CH3])C(C)(C)C.[Ir].[c-]1ccc2c(oc3ccccc32)c1-c1nc2ccccc2n1-c1ccc(-c2ccccc2)cc1-c1ccccc1. The molecular weight excluding hydrogens is 995 g/mol. The molecule has 0 atom stereocenters. The largest absolute Gasteiger partial charge is 0.501 e. The summed E-state index contributed by atoms with van der Waals surface area (Å²) in [6.45, 7) is 5.88. The molecule has 3 aromatic heterocycles. The van der Waals surface area contributed by atoms with Crippen LogP contribution in [0.3, 0.4) is 0 Å². The maximum Gasteiger partial charge on any atom is 0.120 e. The first-order valence-corrected chi connectivity index (χ1v) is 28.2. The van der Waals surface area contributed by atoms with Crippen LogP contribution in [-0.2, 0) is 26.5 Å². The molecule has 0 saturated heterocycles. The van der Waals surface area contributed by atoms with Crippen molar-refractivity contribution in [3.63, 3.8) is 0 Å². The van der Waals surface area contributed by atoms with Gasteiger partial charge in [-0.1, -0.05) is 108 Å². The van der Waals surface area contributed by atoms with E-state index in [0.29, 0.717) is 0 Å². The van der Waals surface area contributed by atoms with Crippen molar-refractivity contribution in [2.24, 2.45) is 5.41 Å². The second-order valence-corrected chi connectivity index (χ2v) is 28.0. The zero-order valence-corrected chi connectivity index (χ0v) is 40.3. The van der Waals surface area contributed by atoms with Gasteiger partial charge in [-0.25, -0.2) is 0 Å². The molecule has 10 aromatic rings. The third-order valence-electron chi connectivity index (χ3n) is 10.8. The molecule has 309 valence electrons. The van der Waals surface area contributed by atoms with Crippen LogP contribution in [0.2, 0.25) is 17.3 Å². The van der Waals surface area contributed by atoms with Crippen molar-refractivity contribution in [2.75, 3.05) is 0 Å². The van der Waals surface area contributed by atoms with Gasteiger partial charge in [0.2, 0.25) is 0 Å². The molecule has 0 aliphatic rings. The zero-order valence-electron chi connectivity index (χ0n) is 37.8. The van der Waals surface area contributed by atoms with Crippen molar-refractivity contribution >= 4 is 50.6 Å². The fourth-order valence-corrected chi connectivity index (χ4v) is 10.9. The molecule has 0 spiro atoms. The number of fused-ring (bicyclic) bond motifs is 4. The Labute approximate surface area is 384 Å². The average molecular weight is 1050 g/mol. The minimum absolute atomic E-state index is 0. The molecule has 0 bridgehead atoms. The Morgan fingerprint density at radius 2 is 1.37 bits per heavy atom. The van der Waals surface area contributed by atoms with Gasteiger partial charge in [0.15, 0.2) is 0 Å². The van der Waals surface area contributed by atoms with Crippen LogP contribution in [-0.4, -0.2) is 27.8 Å². The van der Waals surface area contributed by atoms with E-state index in [-0.39, 0.29) is 20.1 Å². The first-order valence-electron chi connectivity index (χ1n) is 21.8. The standard InChI is InChI=1S/C37H23N2O.C19H26GeN.Ir/c1-3-12-25(13-4-1)27-22-23-33(31(24-27)26-14-5-2-6-15-26)39-34-20-9-8-19-32(34)38-37(39)30-18-11-17-29-28-16-7-10-21-35(28)40-36(29)30;1-19(2,3)13-16-12-18(15-10-8-7-9-11-15)21-14-17(16)20(4,5)6;/h1-17,19-24H;7-10,12,14H,13H2,1-6H3;/q2*-1;/i;13D2;. The van der Waals surface area contributed by atoms with Gasteiger partial charge in [0.05, 0.1) is 22.4 Å². The van der Waals surface area contributed by atoms with Crippen LogP contribution >= 0.6 is 0 Å². The maximum atomic E-state index is 8.76. The number of imidazole rings is 1. The summed E-state index contributed by atoms with van der Waals surface area (Å²) in [6, 6.07) is 64.6. The minimum atomic E-state index is -2.24. The van der Waals surface area contributed by atoms with E-state index >= 15 is 0 Å². The molecule has 0 unspecified atom stereocenters. The van der Waals surface area contributed by atoms with Crippen molar-refractivity contribution in [2.45, 2.75) is 44.4 Å². The zero-order chi connectivity index (χ0) is 43.9.